The second-order valence-corrected chi connectivity index (χ2v) is 4.39. The molecule has 0 aliphatic carbocycles. The van der Waals surface area contributed by atoms with Gasteiger partial charge in [0, 0.05) is 12.8 Å². The number of aryl methyl sites for hydroxylation is 1. The lowest BCUT2D eigenvalue weighted by Gasteiger charge is -2.01. The van der Waals surface area contributed by atoms with Gasteiger partial charge in [-0.3, -0.25) is 5.10 Å². The van der Waals surface area contributed by atoms with Gasteiger partial charge in [0.15, 0.2) is 5.82 Å². The first-order chi connectivity index (χ1) is 8.70. The first kappa shape index (κ1) is 13.0. The maximum absolute atomic E-state index is 13.7. The highest BCUT2D eigenvalue weighted by Gasteiger charge is 2.09. The molecule has 1 heterocycles. The summed E-state index contributed by atoms with van der Waals surface area (Å²) >= 11 is 5.72. The van der Waals surface area contributed by atoms with Crippen LogP contribution in [0.15, 0.2) is 18.2 Å². The van der Waals surface area contributed by atoms with Gasteiger partial charge in [0.05, 0.1) is 5.02 Å². The summed E-state index contributed by atoms with van der Waals surface area (Å²) in [5.41, 5.74) is 5.92. The monoisotopic (exact) mass is 268 g/mol. The average Bonchev–Trinajstić information content (AvgIpc) is 2.80. The fourth-order valence-electron chi connectivity index (χ4n) is 1.65. The lowest BCUT2D eigenvalue weighted by molar-refractivity contribution is 0.612. The number of halogens is 2. The highest BCUT2D eigenvalue weighted by Crippen LogP contribution is 2.19. The van der Waals surface area contributed by atoms with Crippen LogP contribution in [-0.4, -0.2) is 21.7 Å². The Labute approximate surface area is 109 Å². The van der Waals surface area contributed by atoms with Crippen LogP contribution in [0.5, 0.6) is 0 Å². The summed E-state index contributed by atoms with van der Waals surface area (Å²) in [5.74, 6) is 0.931. The first-order valence-electron chi connectivity index (χ1n) is 5.74. The molecule has 1 aromatic heterocycles. The van der Waals surface area contributed by atoms with Crippen molar-refractivity contribution < 1.29 is 4.39 Å². The van der Waals surface area contributed by atoms with Gasteiger partial charge in [0.1, 0.15) is 11.6 Å². The van der Waals surface area contributed by atoms with Crippen LogP contribution in [0.2, 0.25) is 5.02 Å². The van der Waals surface area contributed by atoms with Gasteiger partial charge >= 0.3 is 0 Å². The van der Waals surface area contributed by atoms with Crippen LogP contribution in [0.25, 0.3) is 0 Å². The molecule has 0 radical (unpaired) electrons. The van der Waals surface area contributed by atoms with Crippen molar-refractivity contribution in [1.29, 1.82) is 0 Å². The van der Waals surface area contributed by atoms with Crippen molar-refractivity contribution >= 4 is 11.6 Å². The van der Waals surface area contributed by atoms with Crippen LogP contribution in [0, 0.1) is 5.82 Å². The third kappa shape index (κ3) is 3.05. The number of benzene rings is 1. The Morgan fingerprint density at radius 2 is 2.22 bits per heavy atom. The van der Waals surface area contributed by atoms with E-state index in [2.05, 4.69) is 15.2 Å². The number of nitrogens with zero attached hydrogens (tertiary/aromatic N) is 2. The molecule has 3 N–H and O–H groups in total. The maximum Gasteiger partial charge on any atom is 0.150 e. The molecule has 2 aromatic rings. The van der Waals surface area contributed by atoms with Crippen molar-refractivity contribution in [2.75, 3.05) is 6.54 Å². The molecule has 0 fully saturated rings. The van der Waals surface area contributed by atoms with E-state index in [0.29, 0.717) is 30.2 Å². The number of hydrogen-bond acceptors (Lipinski definition) is 3. The Hall–Kier alpha value is -1.46. The predicted octanol–water partition coefficient (Wildman–Crippen LogP) is 2.08. The van der Waals surface area contributed by atoms with Crippen molar-refractivity contribution in [3.63, 3.8) is 0 Å². The number of aromatic nitrogens is 3. The second-order valence-electron chi connectivity index (χ2n) is 3.98. The quantitative estimate of drug-likeness (QED) is 0.872. The molecule has 2 rings (SSSR count). The van der Waals surface area contributed by atoms with Crippen molar-refractivity contribution in [1.82, 2.24) is 15.2 Å². The van der Waals surface area contributed by atoms with E-state index in [-0.39, 0.29) is 5.02 Å². The van der Waals surface area contributed by atoms with Crippen LogP contribution in [-0.2, 0) is 12.8 Å². The number of aromatic amines is 1. The number of hydrogen-bond donors (Lipinski definition) is 2. The Balaban J connectivity index is 2.09. The van der Waals surface area contributed by atoms with Gasteiger partial charge in [-0.05, 0) is 24.6 Å². The van der Waals surface area contributed by atoms with E-state index in [1.807, 2.05) is 0 Å². The molecule has 0 amide bonds. The third-order valence-corrected chi connectivity index (χ3v) is 2.86. The summed E-state index contributed by atoms with van der Waals surface area (Å²) < 4.78 is 13.7. The van der Waals surface area contributed by atoms with Gasteiger partial charge < -0.3 is 5.73 Å². The molecule has 18 heavy (non-hydrogen) atoms. The van der Waals surface area contributed by atoms with E-state index in [4.69, 9.17) is 17.3 Å². The first-order valence-corrected chi connectivity index (χ1v) is 6.11. The summed E-state index contributed by atoms with van der Waals surface area (Å²) in [6.07, 6.45) is 1.91. The minimum absolute atomic E-state index is 0.121. The van der Waals surface area contributed by atoms with Crippen LogP contribution in [0.1, 0.15) is 23.6 Å². The van der Waals surface area contributed by atoms with Crippen LogP contribution in [0.3, 0.4) is 0 Å². The predicted molar refractivity (Wildman–Crippen MR) is 68.0 cm³/mol. The van der Waals surface area contributed by atoms with Gasteiger partial charge in [-0.25, -0.2) is 9.37 Å². The molecule has 0 bridgehead atoms. The summed E-state index contributed by atoms with van der Waals surface area (Å²) in [6, 6.07) is 4.92. The van der Waals surface area contributed by atoms with Crippen LogP contribution >= 0.6 is 11.6 Å². The highest BCUT2D eigenvalue weighted by molar-refractivity contribution is 6.30. The largest absolute Gasteiger partial charge is 0.330 e. The Kier molecular flexibility index (Phi) is 4.28. The number of nitrogens with one attached hydrogen (secondary N) is 1. The van der Waals surface area contributed by atoms with E-state index in [1.165, 1.54) is 6.07 Å². The molecule has 0 aliphatic rings. The lowest BCUT2D eigenvalue weighted by atomic mass is 10.1. The van der Waals surface area contributed by atoms with Crippen molar-refractivity contribution in [2.45, 2.75) is 19.3 Å². The molecule has 0 atom stereocenters. The van der Waals surface area contributed by atoms with E-state index in [1.54, 1.807) is 12.1 Å². The Morgan fingerprint density at radius 3 is 3.00 bits per heavy atom. The molecule has 0 unspecified atom stereocenters. The Bertz CT molecular complexity index is 527. The molecule has 0 saturated heterocycles. The van der Waals surface area contributed by atoms with Crippen molar-refractivity contribution in [3.05, 3.63) is 46.3 Å². The Morgan fingerprint density at radius 1 is 1.39 bits per heavy atom. The zero-order chi connectivity index (χ0) is 13.0. The van der Waals surface area contributed by atoms with E-state index < -0.39 is 5.82 Å². The van der Waals surface area contributed by atoms with Gasteiger partial charge in [-0.1, -0.05) is 23.7 Å². The molecule has 0 aliphatic heterocycles. The fourth-order valence-corrected chi connectivity index (χ4v) is 1.85. The molecule has 0 spiro atoms. The zero-order valence-corrected chi connectivity index (χ0v) is 10.5. The molecule has 6 heteroatoms. The van der Waals surface area contributed by atoms with Gasteiger partial charge in [-0.2, -0.15) is 5.10 Å². The molecule has 0 saturated carbocycles. The summed E-state index contributed by atoms with van der Waals surface area (Å²) in [5, 5.41) is 6.97. The van der Waals surface area contributed by atoms with Crippen molar-refractivity contribution in [2.24, 2.45) is 5.73 Å². The summed E-state index contributed by atoms with van der Waals surface area (Å²) in [7, 11) is 0. The highest BCUT2D eigenvalue weighted by atomic mass is 35.5. The molecular formula is C12H14ClFN4. The maximum atomic E-state index is 13.7. The molecule has 4 nitrogen and oxygen atoms in total. The SMILES string of the molecule is NCCCc1n[nH]c(Cc2cccc(Cl)c2F)n1. The minimum Gasteiger partial charge on any atom is -0.330 e. The van der Waals surface area contributed by atoms with Crippen LogP contribution < -0.4 is 5.73 Å². The fraction of sp³-hybridized carbons (Fsp3) is 0.333. The van der Waals surface area contributed by atoms with Gasteiger partial charge in [-0.15, -0.1) is 0 Å². The van der Waals surface area contributed by atoms with E-state index in [9.17, 15) is 4.39 Å². The third-order valence-electron chi connectivity index (χ3n) is 2.57. The topological polar surface area (TPSA) is 67.6 Å². The van der Waals surface area contributed by atoms with E-state index in [0.717, 1.165) is 12.8 Å². The summed E-state index contributed by atoms with van der Waals surface area (Å²) in [6.45, 7) is 0.604. The van der Waals surface area contributed by atoms with Crippen molar-refractivity contribution in [3.8, 4) is 0 Å². The molecule has 96 valence electrons. The zero-order valence-electron chi connectivity index (χ0n) is 9.79. The standard InChI is InChI=1S/C12H14ClFN4/c13-9-4-1-3-8(12(9)14)7-11-16-10(17-18-11)5-2-6-15/h1,3-4H,2,5-7,15H2,(H,16,17,18). The summed E-state index contributed by atoms with van der Waals surface area (Å²) in [4.78, 5) is 4.28. The normalized spacial score (nSPS) is 10.8. The smallest absolute Gasteiger partial charge is 0.150 e. The van der Waals surface area contributed by atoms with Crippen LogP contribution in [0.4, 0.5) is 4.39 Å². The minimum atomic E-state index is -0.404. The number of H-pyrrole nitrogens is 1. The van der Waals surface area contributed by atoms with Gasteiger partial charge in [0.2, 0.25) is 0 Å². The lowest BCUT2D eigenvalue weighted by Crippen LogP contribution is -2.01. The molecular weight excluding hydrogens is 255 g/mol. The number of nitrogens with two attached hydrogens (primary N) is 1. The van der Waals surface area contributed by atoms with Gasteiger partial charge in [0.25, 0.3) is 0 Å². The number of rotatable bonds is 5. The van der Waals surface area contributed by atoms with E-state index >= 15 is 0 Å². The molecule has 1 aromatic carbocycles. The average molecular weight is 269 g/mol. The second kappa shape index (κ2) is 5.93.